The van der Waals surface area contributed by atoms with Crippen molar-refractivity contribution in [2.75, 3.05) is 44.3 Å². The molecule has 0 atom stereocenters. The first-order valence-corrected chi connectivity index (χ1v) is 7.30. The second-order valence-electron chi connectivity index (χ2n) is 5.22. The van der Waals surface area contributed by atoms with E-state index in [-0.39, 0.29) is 12.5 Å². The molecular weight excluding hydrogens is 252 g/mol. The molecule has 0 aliphatic carbocycles. The molecule has 1 amide bonds. The van der Waals surface area contributed by atoms with E-state index in [9.17, 15) is 4.79 Å². The molecule has 20 heavy (non-hydrogen) atoms. The van der Waals surface area contributed by atoms with Gasteiger partial charge >= 0.3 is 0 Å². The molecule has 1 aliphatic rings. The van der Waals surface area contributed by atoms with Gasteiger partial charge in [0.2, 0.25) is 5.91 Å². The largest absolute Gasteiger partial charge is 0.372 e. The fourth-order valence-electron chi connectivity index (χ4n) is 2.56. The summed E-state index contributed by atoms with van der Waals surface area (Å²) in [5.74, 6) is 0.104. The first kappa shape index (κ1) is 14.9. The van der Waals surface area contributed by atoms with E-state index in [1.54, 1.807) is 0 Å². The zero-order valence-corrected chi connectivity index (χ0v) is 12.7. The summed E-state index contributed by atoms with van der Waals surface area (Å²) in [7, 11) is 0. The maximum atomic E-state index is 11.9. The number of amides is 1. The van der Waals surface area contributed by atoms with E-state index in [0.717, 1.165) is 26.2 Å². The SMILES string of the molecule is CCOCC(=O)N1CCN(c2cccc(C)c2C)CC1. The Morgan fingerprint density at radius 2 is 1.90 bits per heavy atom. The van der Waals surface area contributed by atoms with Crippen molar-refractivity contribution in [2.45, 2.75) is 20.8 Å². The smallest absolute Gasteiger partial charge is 0.248 e. The van der Waals surface area contributed by atoms with Crippen LogP contribution in [0.3, 0.4) is 0 Å². The lowest BCUT2D eigenvalue weighted by Crippen LogP contribution is -2.50. The van der Waals surface area contributed by atoms with Crippen LogP contribution in [0.5, 0.6) is 0 Å². The second kappa shape index (κ2) is 6.75. The van der Waals surface area contributed by atoms with Crippen LogP contribution in [0, 0.1) is 13.8 Å². The molecule has 0 aromatic heterocycles. The molecule has 0 bridgehead atoms. The van der Waals surface area contributed by atoms with Crippen LogP contribution >= 0.6 is 0 Å². The van der Waals surface area contributed by atoms with Crippen LogP contribution in [-0.4, -0.2) is 50.2 Å². The number of benzene rings is 1. The Morgan fingerprint density at radius 1 is 1.20 bits per heavy atom. The highest BCUT2D eigenvalue weighted by atomic mass is 16.5. The number of aryl methyl sites for hydroxylation is 1. The molecular formula is C16H24N2O2. The van der Waals surface area contributed by atoms with Gasteiger partial charge < -0.3 is 14.5 Å². The molecule has 1 aliphatic heterocycles. The molecule has 0 unspecified atom stereocenters. The number of anilines is 1. The van der Waals surface area contributed by atoms with Gasteiger partial charge in [-0.15, -0.1) is 0 Å². The molecule has 4 nitrogen and oxygen atoms in total. The fraction of sp³-hybridized carbons (Fsp3) is 0.562. The van der Waals surface area contributed by atoms with Gasteiger partial charge in [-0.1, -0.05) is 12.1 Å². The van der Waals surface area contributed by atoms with Crippen molar-refractivity contribution >= 4 is 11.6 Å². The monoisotopic (exact) mass is 276 g/mol. The predicted octanol–water partition coefficient (Wildman–Crippen LogP) is 1.99. The van der Waals surface area contributed by atoms with Crippen molar-refractivity contribution in [1.82, 2.24) is 4.90 Å². The quantitative estimate of drug-likeness (QED) is 0.843. The molecule has 110 valence electrons. The number of hydrogen-bond donors (Lipinski definition) is 0. The van der Waals surface area contributed by atoms with Crippen molar-refractivity contribution in [3.05, 3.63) is 29.3 Å². The minimum Gasteiger partial charge on any atom is -0.372 e. The van der Waals surface area contributed by atoms with E-state index in [1.807, 2.05) is 11.8 Å². The van der Waals surface area contributed by atoms with Crippen molar-refractivity contribution in [2.24, 2.45) is 0 Å². The lowest BCUT2D eigenvalue weighted by Gasteiger charge is -2.37. The van der Waals surface area contributed by atoms with Crippen LogP contribution in [-0.2, 0) is 9.53 Å². The molecule has 0 radical (unpaired) electrons. The first-order valence-electron chi connectivity index (χ1n) is 7.30. The van der Waals surface area contributed by atoms with Gasteiger partial charge in [0, 0.05) is 38.5 Å². The Morgan fingerprint density at radius 3 is 2.55 bits per heavy atom. The van der Waals surface area contributed by atoms with Gasteiger partial charge in [0.25, 0.3) is 0 Å². The summed E-state index contributed by atoms with van der Waals surface area (Å²) in [5.41, 5.74) is 3.95. The zero-order chi connectivity index (χ0) is 14.5. The number of nitrogens with zero attached hydrogens (tertiary/aromatic N) is 2. The summed E-state index contributed by atoms with van der Waals surface area (Å²) in [6.07, 6.45) is 0. The summed E-state index contributed by atoms with van der Waals surface area (Å²) in [4.78, 5) is 16.2. The second-order valence-corrected chi connectivity index (χ2v) is 5.22. The highest BCUT2D eigenvalue weighted by Gasteiger charge is 2.22. The molecule has 0 N–H and O–H groups in total. The predicted molar refractivity (Wildman–Crippen MR) is 81.2 cm³/mol. The topological polar surface area (TPSA) is 32.8 Å². The fourth-order valence-corrected chi connectivity index (χ4v) is 2.56. The van der Waals surface area contributed by atoms with Crippen LogP contribution in [0.25, 0.3) is 0 Å². The summed E-state index contributed by atoms with van der Waals surface area (Å²) >= 11 is 0. The third-order valence-corrected chi connectivity index (χ3v) is 3.98. The van der Waals surface area contributed by atoms with Gasteiger partial charge in [0.05, 0.1) is 0 Å². The third kappa shape index (κ3) is 3.31. The van der Waals surface area contributed by atoms with Gasteiger partial charge in [0.1, 0.15) is 6.61 Å². The van der Waals surface area contributed by atoms with Crippen LogP contribution < -0.4 is 4.90 Å². The van der Waals surface area contributed by atoms with Gasteiger partial charge in [-0.2, -0.15) is 0 Å². The Kier molecular flexibility index (Phi) is 5.01. The van der Waals surface area contributed by atoms with E-state index in [2.05, 4.69) is 36.9 Å². The normalized spacial score (nSPS) is 15.6. The maximum absolute atomic E-state index is 11.9. The van der Waals surface area contributed by atoms with Crippen molar-refractivity contribution < 1.29 is 9.53 Å². The van der Waals surface area contributed by atoms with Gasteiger partial charge in [-0.25, -0.2) is 0 Å². The number of rotatable bonds is 4. The number of hydrogen-bond acceptors (Lipinski definition) is 3. The molecule has 1 fully saturated rings. The van der Waals surface area contributed by atoms with Crippen molar-refractivity contribution in [3.8, 4) is 0 Å². The van der Waals surface area contributed by atoms with Gasteiger partial charge in [-0.05, 0) is 38.0 Å². The molecule has 1 heterocycles. The van der Waals surface area contributed by atoms with E-state index in [4.69, 9.17) is 4.74 Å². The van der Waals surface area contributed by atoms with E-state index >= 15 is 0 Å². The average Bonchev–Trinajstić information content (AvgIpc) is 2.48. The number of piperazine rings is 1. The minimum atomic E-state index is 0.104. The molecule has 2 rings (SSSR count). The number of carbonyl (C=O) groups is 1. The standard InChI is InChI=1S/C16H24N2O2/c1-4-20-12-16(19)18-10-8-17(9-11-18)15-7-5-6-13(2)14(15)3/h5-7H,4,8-12H2,1-3H3. The van der Waals surface area contributed by atoms with Crippen LogP contribution in [0.4, 0.5) is 5.69 Å². The van der Waals surface area contributed by atoms with E-state index < -0.39 is 0 Å². The summed E-state index contributed by atoms with van der Waals surface area (Å²) in [6.45, 7) is 10.3. The zero-order valence-electron chi connectivity index (χ0n) is 12.7. The molecule has 1 saturated heterocycles. The van der Waals surface area contributed by atoms with Gasteiger partial charge in [-0.3, -0.25) is 4.79 Å². The average molecular weight is 276 g/mol. The Labute approximate surface area is 121 Å². The molecule has 1 aromatic carbocycles. The molecule has 0 spiro atoms. The molecule has 1 aromatic rings. The summed E-state index contributed by atoms with van der Waals surface area (Å²) in [6, 6.07) is 6.41. The van der Waals surface area contributed by atoms with E-state index in [1.165, 1.54) is 16.8 Å². The number of ether oxygens (including phenoxy) is 1. The lowest BCUT2D eigenvalue weighted by molar-refractivity contribution is -0.136. The first-order chi connectivity index (χ1) is 9.63. The highest BCUT2D eigenvalue weighted by molar-refractivity contribution is 5.77. The minimum absolute atomic E-state index is 0.104. The molecule has 4 heteroatoms. The maximum Gasteiger partial charge on any atom is 0.248 e. The lowest BCUT2D eigenvalue weighted by atomic mass is 10.1. The van der Waals surface area contributed by atoms with Crippen molar-refractivity contribution in [1.29, 1.82) is 0 Å². The number of carbonyl (C=O) groups excluding carboxylic acids is 1. The van der Waals surface area contributed by atoms with Crippen molar-refractivity contribution in [3.63, 3.8) is 0 Å². The summed E-state index contributed by atoms with van der Waals surface area (Å²) < 4.78 is 5.19. The van der Waals surface area contributed by atoms with Crippen LogP contribution in [0.15, 0.2) is 18.2 Å². The Hall–Kier alpha value is -1.55. The van der Waals surface area contributed by atoms with Crippen LogP contribution in [0.1, 0.15) is 18.1 Å². The Bertz CT molecular complexity index is 466. The van der Waals surface area contributed by atoms with E-state index in [0.29, 0.717) is 6.61 Å². The van der Waals surface area contributed by atoms with Gasteiger partial charge in [0.15, 0.2) is 0 Å². The molecule has 0 saturated carbocycles. The highest BCUT2D eigenvalue weighted by Crippen LogP contribution is 2.23. The van der Waals surface area contributed by atoms with Crippen LogP contribution in [0.2, 0.25) is 0 Å². The summed E-state index contributed by atoms with van der Waals surface area (Å²) in [5, 5.41) is 0. The third-order valence-electron chi connectivity index (χ3n) is 3.98. The Balaban J connectivity index is 1.94.